The first-order chi connectivity index (χ1) is 15.3. The van der Waals surface area contributed by atoms with Crippen LogP contribution in [0.25, 0.3) is 10.9 Å². The van der Waals surface area contributed by atoms with E-state index in [-0.39, 0.29) is 11.3 Å². The molecule has 4 rings (SSSR count). The second-order valence-electron chi connectivity index (χ2n) is 6.74. The molecule has 9 heteroatoms. The van der Waals surface area contributed by atoms with Crippen molar-refractivity contribution in [1.29, 1.82) is 0 Å². The van der Waals surface area contributed by atoms with E-state index in [0.717, 1.165) is 8.95 Å². The summed E-state index contributed by atoms with van der Waals surface area (Å²) < 4.78 is 9.04. The van der Waals surface area contributed by atoms with Crippen LogP contribution in [-0.2, 0) is 0 Å². The molecule has 0 unspecified atom stereocenters. The fourth-order valence-corrected chi connectivity index (χ4v) is 4.62. The molecule has 4 aromatic rings. The Morgan fingerprint density at radius 2 is 1.75 bits per heavy atom. The zero-order valence-electron chi connectivity index (χ0n) is 16.6. The number of fused-ring (bicyclic) bond motifs is 1. The minimum absolute atomic E-state index is 0.282. The standard InChI is InChI=1S/C23H14Br3N3O3/c1-13-28-20-5-3-2-4-18(20)22(30)29(13)27-12-15-10-17(25)11-19(26)21(15)32-23(31)14-6-8-16(24)9-7-14/h2-12H,1H3. The van der Waals surface area contributed by atoms with E-state index >= 15 is 0 Å². The Kier molecular flexibility index (Phi) is 6.68. The summed E-state index contributed by atoms with van der Waals surface area (Å²) in [6.07, 6.45) is 1.46. The second-order valence-corrected chi connectivity index (χ2v) is 9.43. The molecule has 0 radical (unpaired) electrons. The minimum atomic E-state index is -0.518. The van der Waals surface area contributed by atoms with Crippen LogP contribution in [0, 0.1) is 6.92 Å². The van der Waals surface area contributed by atoms with E-state index in [4.69, 9.17) is 4.74 Å². The van der Waals surface area contributed by atoms with Gasteiger partial charge in [0.15, 0.2) is 5.75 Å². The van der Waals surface area contributed by atoms with Gasteiger partial charge in [0.1, 0.15) is 5.82 Å². The van der Waals surface area contributed by atoms with Gasteiger partial charge in [-0.1, -0.05) is 44.0 Å². The number of carbonyl (C=O) groups is 1. The topological polar surface area (TPSA) is 73.6 Å². The number of hydrogen-bond acceptors (Lipinski definition) is 5. The van der Waals surface area contributed by atoms with Crippen molar-refractivity contribution in [1.82, 2.24) is 9.66 Å². The number of aromatic nitrogens is 2. The van der Waals surface area contributed by atoms with Gasteiger partial charge in [0.25, 0.3) is 5.56 Å². The zero-order valence-corrected chi connectivity index (χ0v) is 21.3. The molecule has 0 fully saturated rings. The van der Waals surface area contributed by atoms with Crippen LogP contribution < -0.4 is 10.3 Å². The first-order valence-corrected chi connectivity index (χ1v) is 11.7. The van der Waals surface area contributed by atoms with Gasteiger partial charge in [-0.15, -0.1) is 0 Å². The first-order valence-electron chi connectivity index (χ1n) is 9.33. The van der Waals surface area contributed by atoms with Crippen molar-refractivity contribution in [2.75, 3.05) is 0 Å². The number of esters is 1. The van der Waals surface area contributed by atoms with Crippen molar-refractivity contribution in [2.24, 2.45) is 5.10 Å². The van der Waals surface area contributed by atoms with E-state index in [2.05, 4.69) is 57.9 Å². The van der Waals surface area contributed by atoms with Crippen molar-refractivity contribution < 1.29 is 9.53 Å². The molecule has 6 nitrogen and oxygen atoms in total. The SMILES string of the molecule is Cc1nc2ccccc2c(=O)n1N=Cc1cc(Br)cc(Br)c1OC(=O)c1ccc(Br)cc1. The highest BCUT2D eigenvalue weighted by molar-refractivity contribution is 9.11. The van der Waals surface area contributed by atoms with Crippen molar-refractivity contribution >= 4 is 70.9 Å². The molecule has 1 aromatic heterocycles. The third-order valence-corrected chi connectivity index (χ3v) is 6.12. The normalized spacial score (nSPS) is 11.2. The van der Waals surface area contributed by atoms with E-state index in [9.17, 15) is 9.59 Å². The molecular formula is C23H14Br3N3O3. The van der Waals surface area contributed by atoms with Gasteiger partial charge in [0.05, 0.1) is 27.2 Å². The highest BCUT2D eigenvalue weighted by Gasteiger charge is 2.16. The lowest BCUT2D eigenvalue weighted by Gasteiger charge is -2.11. The maximum absolute atomic E-state index is 12.9. The van der Waals surface area contributed by atoms with E-state index in [1.54, 1.807) is 61.5 Å². The van der Waals surface area contributed by atoms with Crippen LogP contribution in [0.5, 0.6) is 5.75 Å². The quantitative estimate of drug-likeness (QED) is 0.157. The fourth-order valence-electron chi connectivity index (χ4n) is 3.01. The van der Waals surface area contributed by atoms with Crippen molar-refractivity contribution in [3.8, 4) is 5.75 Å². The maximum Gasteiger partial charge on any atom is 0.343 e. The Hall–Kier alpha value is -2.62. The van der Waals surface area contributed by atoms with Crippen LogP contribution >= 0.6 is 47.8 Å². The lowest BCUT2D eigenvalue weighted by molar-refractivity contribution is 0.0733. The number of ether oxygens (including phenoxy) is 1. The van der Waals surface area contributed by atoms with Crippen LogP contribution in [-0.4, -0.2) is 21.8 Å². The number of nitrogens with zero attached hydrogens (tertiary/aromatic N) is 3. The zero-order chi connectivity index (χ0) is 22.8. The van der Waals surface area contributed by atoms with Crippen molar-refractivity contribution in [2.45, 2.75) is 6.92 Å². The molecule has 32 heavy (non-hydrogen) atoms. The number of para-hydroxylation sites is 1. The van der Waals surface area contributed by atoms with Crippen LogP contribution in [0.3, 0.4) is 0 Å². The average molecular weight is 620 g/mol. The minimum Gasteiger partial charge on any atom is -0.421 e. The third kappa shape index (κ3) is 4.74. The third-order valence-electron chi connectivity index (χ3n) is 4.54. The number of benzene rings is 3. The predicted octanol–water partition coefficient (Wildman–Crippen LogP) is 6.09. The Morgan fingerprint density at radius 1 is 1.03 bits per heavy atom. The highest BCUT2D eigenvalue weighted by atomic mass is 79.9. The summed E-state index contributed by atoms with van der Waals surface area (Å²) in [6.45, 7) is 1.70. The number of halogens is 3. The molecule has 0 aliphatic rings. The molecule has 0 amide bonds. The molecule has 0 spiro atoms. The Morgan fingerprint density at radius 3 is 2.50 bits per heavy atom. The summed E-state index contributed by atoms with van der Waals surface area (Å²) in [4.78, 5) is 30.0. The van der Waals surface area contributed by atoms with E-state index in [0.29, 0.717) is 32.3 Å². The summed E-state index contributed by atoms with van der Waals surface area (Å²) in [7, 11) is 0. The van der Waals surface area contributed by atoms with Crippen LogP contribution in [0.15, 0.2) is 84.0 Å². The highest BCUT2D eigenvalue weighted by Crippen LogP contribution is 2.33. The molecule has 0 atom stereocenters. The number of rotatable bonds is 4. The summed E-state index contributed by atoms with van der Waals surface area (Å²) >= 11 is 10.2. The van der Waals surface area contributed by atoms with Gasteiger partial charge in [0.2, 0.25) is 0 Å². The van der Waals surface area contributed by atoms with Gasteiger partial charge >= 0.3 is 5.97 Å². The molecule has 0 saturated carbocycles. The van der Waals surface area contributed by atoms with Gasteiger partial charge < -0.3 is 4.74 Å². The molecule has 3 aromatic carbocycles. The van der Waals surface area contributed by atoms with E-state index in [1.165, 1.54) is 10.9 Å². The van der Waals surface area contributed by atoms with Crippen molar-refractivity contribution in [3.63, 3.8) is 0 Å². The Labute approximate surface area is 208 Å². The lowest BCUT2D eigenvalue weighted by atomic mass is 10.2. The molecule has 0 saturated heterocycles. The summed E-state index contributed by atoms with van der Waals surface area (Å²) in [5.74, 6) is 0.202. The van der Waals surface area contributed by atoms with Crippen LogP contribution in [0.2, 0.25) is 0 Å². The number of hydrogen-bond donors (Lipinski definition) is 0. The Bertz CT molecular complexity index is 1430. The number of carbonyl (C=O) groups excluding carboxylic acids is 1. The largest absolute Gasteiger partial charge is 0.421 e. The summed E-state index contributed by atoms with van der Waals surface area (Å²) in [6, 6.07) is 17.4. The Balaban J connectivity index is 1.74. The summed E-state index contributed by atoms with van der Waals surface area (Å²) in [5, 5.41) is 4.80. The van der Waals surface area contributed by atoms with Crippen LogP contribution in [0.1, 0.15) is 21.7 Å². The molecular weight excluding hydrogens is 606 g/mol. The van der Waals surface area contributed by atoms with Gasteiger partial charge in [-0.2, -0.15) is 9.78 Å². The van der Waals surface area contributed by atoms with Gasteiger partial charge in [-0.3, -0.25) is 4.79 Å². The second kappa shape index (κ2) is 9.48. The average Bonchev–Trinajstić information content (AvgIpc) is 2.76. The molecule has 1 heterocycles. The molecule has 0 N–H and O–H groups in total. The molecule has 0 bridgehead atoms. The van der Waals surface area contributed by atoms with Crippen molar-refractivity contribution in [3.05, 3.63) is 101 Å². The molecule has 160 valence electrons. The fraction of sp³-hybridized carbons (Fsp3) is 0.0435. The van der Waals surface area contributed by atoms with Gasteiger partial charge in [-0.05, 0) is 71.4 Å². The molecule has 0 aliphatic carbocycles. The first kappa shape index (κ1) is 22.6. The number of aryl methyl sites for hydroxylation is 1. The van der Waals surface area contributed by atoms with Gasteiger partial charge in [-0.25, -0.2) is 9.78 Å². The monoisotopic (exact) mass is 617 g/mol. The molecule has 0 aliphatic heterocycles. The predicted molar refractivity (Wildman–Crippen MR) is 135 cm³/mol. The summed E-state index contributed by atoms with van der Waals surface area (Å²) in [5.41, 5.74) is 1.22. The lowest BCUT2D eigenvalue weighted by Crippen LogP contribution is -2.20. The van der Waals surface area contributed by atoms with Crippen LogP contribution in [0.4, 0.5) is 0 Å². The van der Waals surface area contributed by atoms with E-state index < -0.39 is 5.97 Å². The van der Waals surface area contributed by atoms with E-state index in [1.807, 2.05) is 6.07 Å². The smallest absolute Gasteiger partial charge is 0.343 e. The van der Waals surface area contributed by atoms with Gasteiger partial charge in [0, 0.05) is 14.5 Å². The maximum atomic E-state index is 12.9.